The Hall–Kier alpha value is -1.35. The summed E-state index contributed by atoms with van der Waals surface area (Å²) in [7, 11) is 0. The summed E-state index contributed by atoms with van der Waals surface area (Å²) in [6.07, 6.45) is 5.16. The van der Waals surface area contributed by atoms with Gasteiger partial charge in [-0.1, -0.05) is 18.2 Å². The first-order chi connectivity index (χ1) is 8.84. The number of rotatable bonds is 2. The van der Waals surface area contributed by atoms with Crippen LogP contribution in [-0.4, -0.2) is 25.2 Å². The van der Waals surface area contributed by atoms with Crippen molar-refractivity contribution in [1.82, 2.24) is 0 Å². The van der Waals surface area contributed by atoms with Gasteiger partial charge >= 0.3 is 0 Å². The van der Waals surface area contributed by atoms with E-state index in [0.717, 1.165) is 38.1 Å². The van der Waals surface area contributed by atoms with Crippen molar-refractivity contribution in [2.45, 2.75) is 38.2 Å². The van der Waals surface area contributed by atoms with Crippen LogP contribution in [0.3, 0.4) is 0 Å². The quantitative estimate of drug-likeness (QED) is 0.801. The number of nitrogens with zero attached hydrogens (tertiary/aromatic N) is 1. The fourth-order valence-electron chi connectivity index (χ4n) is 2.85. The maximum Gasteiger partial charge on any atom is 0.227 e. The minimum atomic E-state index is 0.217. The highest BCUT2D eigenvalue weighted by molar-refractivity contribution is 5.96. The Balaban J connectivity index is 1.79. The van der Waals surface area contributed by atoms with Gasteiger partial charge in [-0.15, -0.1) is 0 Å². The Bertz CT molecular complexity index is 438. The monoisotopic (exact) mass is 245 g/mol. The van der Waals surface area contributed by atoms with Crippen LogP contribution in [0.1, 0.15) is 31.2 Å². The van der Waals surface area contributed by atoms with Crippen LogP contribution < -0.4 is 4.90 Å². The van der Waals surface area contributed by atoms with Crippen molar-refractivity contribution in [3.05, 3.63) is 29.8 Å². The minimum Gasteiger partial charge on any atom is -0.376 e. The van der Waals surface area contributed by atoms with Gasteiger partial charge in [0.2, 0.25) is 5.91 Å². The zero-order valence-corrected chi connectivity index (χ0v) is 10.6. The highest BCUT2D eigenvalue weighted by atomic mass is 16.5. The molecule has 2 aliphatic rings. The first-order valence-corrected chi connectivity index (χ1v) is 6.84. The molecule has 0 unspecified atom stereocenters. The molecule has 3 heteroatoms. The highest BCUT2D eigenvalue weighted by Gasteiger charge is 2.27. The standard InChI is InChI=1S/C15H19NO2/c17-15-9-8-12-5-1-2-7-14(12)16(15)11-13-6-3-4-10-18-13/h1-2,5,7,13H,3-4,6,8-11H2/t13-/m0/s1. The number of hydrogen-bond donors (Lipinski definition) is 0. The lowest BCUT2D eigenvalue weighted by atomic mass is 10.00. The average molecular weight is 245 g/mol. The molecular formula is C15H19NO2. The molecular weight excluding hydrogens is 226 g/mol. The Morgan fingerprint density at radius 3 is 2.94 bits per heavy atom. The van der Waals surface area contributed by atoms with E-state index in [4.69, 9.17) is 4.74 Å². The van der Waals surface area contributed by atoms with Crippen LogP contribution in [0.4, 0.5) is 5.69 Å². The van der Waals surface area contributed by atoms with E-state index in [-0.39, 0.29) is 12.0 Å². The van der Waals surface area contributed by atoms with E-state index < -0.39 is 0 Å². The third-order valence-electron chi connectivity index (χ3n) is 3.85. The van der Waals surface area contributed by atoms with Crippen molar-refractivity contribution < 1.29 is 9.53 Å². The molecule has 0 radical (unpaired) electrons. The predicted molar refractivity (Wildman–Crippen MR) is 70.7 cm³/mol. The van der Waals surface area contributed by atoms with Gasteiger partial charge in [0.25, 0.3) is 0 Å². The summed E-state index contributed by atoms with van der Waals surface area (Å²) in [6, 6.07) is 8.22. The Morgan fingerprint density at radius 2 is 2.11 bits per heavy atom. The second kappa shape index (κ2) is 5.11. The smallest absolute Gasteiger partial charge is 0.227 e. The molecule has 1 aromatic rings. The fraction of sp³-hybridized carbons (Fsp3) is 0.533. The first kappa shape index (κ1) is 11.7. The SMILES string of the molecule is O=C1CCc2ccccc2N1C[C@@H]1CCCCO1. The zero-order valence-electron chi connectivity index (χ0n) is 10.6. The van der Waals surface area contributed by atoms with Crippen molar-refractivity contribution in [3.8, 4) is 0 Å². The van der Waals surface area contributed by atoms with Crippen LogP contribution >= 0.6 is 0 Å². The molecule has 1 atom stereocenters. The number of para-hydroxylation sites is 1. The van der Waals surface area contributed by atoms with Gasteiger partial charge < -0.3 is 9.64 Å². The molecule has 1 aromatic carbocycles. The summed E-state index contributed by atoms with van der Waals surface area (Å²) in [5, 5.41) is 0. The van der Waals surface area contributed by atoms with E-state index in [9.17, 15) is 4.79 Å². The lowest BCUT2D eigenvalue weighted by Crippen LogP contribution is -2.42. The van der Waals surface area contributed by atoms with Gasteiger partial charge in [-0.2, -0.15) is 0 Å². The number of amides is 1. The van der Waals surface area contributed by atoms with Crippen molar-refractivity contribution >= 4 is 11.6 Å². The molecule has 18 heavy (non-hydrogen) atoms. The number of carbonyl (C=O) groups is 1. The number of hydrogen-bond acceptors (Lipinski definition) is 2. The Labute approximate surface area is 108 Å². The van der Waals surface area contributed by atoms with E-state index in [1.54, 1.807) is 0 Å². The van der Waals surface area contributed by atoms with E-state index >= 15 is 0 Å². The van der Waals surface area contributed by atoms with Crippen molar-refractivity contribution in [3.63, 3.8) is 0 Å². The number of fused-ring (bicyclic) bond motifs is 1. The topological polar surface area (TPSA) is 29.5 Å². The molecule has 96 valence electrons. The largest absolute Gasteiger partial charge is 0.376 e. The number of carbonyl (C=O) groups excluding carboxylic acids is 1. The summed E-state index contributed by atoms with van der Waals surface area (Å²) in [4.78, 5) is 14.0. The second-order valence-electron chi connectivity index (χ2n) is 5.12. The summed E-state index contributed by atoms with van der Waals surface area (Å²) < 4.78 is 5.75. The molecule has 3 nitrogen and oxygen atoms in total. The van der Waals surface area contributed by atoms with Crippen molar-refractivity contribution in [2.75, 3.05) is 18.1 Å². The molecule has 1 fully saturated rings. The fourth-order valence-corrected chi connectivity index (χ4v) is 2.85. The summed E-state index contributed by atoms with van der Waals surface area (Å²) >= 11 is 0. The van der Waals surface area contributed by atoms with Crippen LogP contribution in [-0.2, 0) is 16.0 Å². The van der Waals surface area contributed by atoms with Crippen molar-refractivity contribution in [2.24, 2.45) is 0 Å². The van der Waals surface area contributed by atoms with E-state index in [0.29, 0.717) is 6.42 Å². The molecule has 0 aromatic heterocycles. The van der Waals surface area contributed by atoms with Gasteiger partial charge in [0.15, 0.2) is 0 Å². The van der Waals surface area contributed by atoms with Gasteiger partial charge in [0.05, 0.1) is 12.6 Å². The number of aryl methyl sites for hydroxylation is 1. The lowest BCUT2D eigenvalue weighted by molar-refractivity contribution is -0.119. The molecule has 2 heterocycles. The molecule has 0 N–H and O–H groups in total. The van der Waals surface area contributed by atoms with Crippen LogP contribution in [0, 0.1) is 0 Å². The van der Waals surface area contributed by atoms with Crippen LogP contribution in [0.15, 0.2) is 24.3 Å². The average Bonchev–Trinajstić information content (AvgIpc) is 2.43. The number of anilines is 1. The van der Waals surface area contributed by atoms with Crippen LogP contribution in [0.2, 0.25) is 0 Å². The zero-order chi connectivity index (χ0) is 12.4. The molecule has 1 saturated heterocycles. The van der Waals surface area contributed by atoms with Crippen molar-refractivity contribution in [1.29, 1.82) is 0 Å². The summed E-state index contributed by atoms with van der Waals surface area (Å²) in [6.45, 7) is 1.56. The second-order valence-corrected chi connectivity index (χ2v) is 5.12. The molecule has 0 aliphatic carbocycles. The van der Waals surface area contributed by atoms with E-state index in [2.05, 4.69) is 12.1 Å². The molecule has 2 aliphatic heterocycles. The van der Waals surface area contributed by atoms with Gasteiger partial charge in [-0.25, -0.2) is 0 Å². The van der Waals surface area contributed by atoms with Gasteiger partial charge in [-0.3, -0.25) is 4.79 Å². The molecule has 0 spiro atoms. The van der Waals surface area contributed by atoms with Gasteiger partial charge in [-0.05, 0) is 37.3 Å². The number of ether oxygens (including phenoxy) is 1. The van der Waals surface area contributed by atoms with Crippen LogP contribution in [0.5, 0.6) is 0 Å². The van der Waals surface area contributed by atoms with E-state index in [1.165, 1.54) is 12.0 Å². The number of benzene rings is 1. The maximum absolute atomic E-state index is 12.1. The Morgan fingerprint density at radius 1 is 1.22 bits per heavy atom. The summed E-state index contributed by atoms with van der Waals surface area (Å²) in [5.74, 6) is 0.239. The summed E-state index contributed by atoms with van der Waals surface area (Å²) in [5.41, 5.74) is 2.37. The normalized spacial score (nSPS) is 23.9. The molecule has 0 bridgehead atoms. The maximum atomic E-state index is 12.1. The lowest BCUT2D eigenvalue weighted by Gasteiger charge is -2.33. The third-order valence-corrected chi connectivity index (χ3v) is 3.85. The van der Waals surface area contributed by atoms with Crippen LogP contribution in [0.25, 0.3) is 0 Å². The molecule has 1 amide bonds. The van der Waals surface area contributed by atoms with Gasteiger partial charge in [0, 0.05) is 18.7 Å². The predicted octanol–water partition coefficient (Wildman–Crippen LogP) is 2.53. The minimum absolute atomic E-state index is 0.217. The highest BCUT2D eigenvalue weighted by Crippen LogP contribution is 2.28. The first-order valence-electron chi connectivity index (χ1n) is 6.84. The Kier molecular flexibility index (Phi) is 3.33. The van der Waals surface area contributed by atoms with Gasteiger partial charge in [0.1, 0.15) is 0 Å². The third kappa shape index (κ3) is 2.27. The molecule has 3 rings (SSSR count). The van der Waals surface area contributed by atoms with E-state index in [1.807, 2.05) is 17.0 Å². The molecule has 0 saturated carbocycles.